The first-order chi connectivity index (χ1) is 20.0. The minimum Gasteiger partial charge on any atom is -0.466 e. The monoisotopic (exact) mass is 544 g/mol. The summed E-state index contributed by atoms with van der Waals surface area (Å²) in [5.74, 6) is -0.235. The molecule has 8 nitrogen and oxygen atoms in total. The number of rotatable bonds is 6. The molecule has 0 saturated carbocycles. The van der Waals surface area contributed by atoms with Gasteiger partial charge in [-0.25, -0.2) is 4.79 Å². The van der Waals surface area contributed by atoms with Gasteiger partial charge in [-0.2, -0.15) is 0 Å². The SMILES string of the molecule is CCOC(=O)CC1(c2ccc(-n3c(=O)n(C)c4cnc5ccc(-c6cnc7ccccc7c6)cc5c43)cc2)COC1. The van der Waals surface area contributed by atoms with E-state index in [1.54, 1.807) is 29.3 Å². The molecular weight excluding hydrogens is 516 g/mol. The van der Waals surface area contributed by atoms with Crippen LogP contribution in [0.15, 0.2) is 90.0 Å². The number of esters is 1. The number of hydrogen-bond donors (Lipinski definition) is 0. The second-order valence-corrected chi connectivity index (χ2v) is 10.6. The van der Waals surface area contributed by atoms with Crippen LogP contribution in [0.1, 0.15) is 18.9 Å². The quantitative estimate of drug-likeness (QED) is 0.264. The van der Waals surface area contributed by atoms with Crippen LogP contribution in [0.5, 0.6) is 0 Å². The molecule has 1 saturated heterocycles. The van der Waals surface area contributed by atoms with Crippen molar-refractivity contribution in [3.05, 3.63) is 101 Å². The van der Waals surface area contributed by atoms with Crippen molar-refractivity contribution < 1.29 is 14.3 Å². The molecule has 1 aliphatic heterocycles. The third kappa shape index (κ3) is 4.10. The second kappa shape index (κ2) is 9.67. The van der Waals surface area contributed by atoms with E-state index in [9.17, 15) is 9.59 Å². The van der Waals surface area contributed by atoms with E-state index in [1.165, 1.54) is 0 Å². The number of hydrogen-bond acceptors (Lipinski definition) is 6. The molecule has 204 valence electrons. The second-order valence-electron chi connectivity index (χ2n) is 10.6. The fraction of sp³-hybridized carbons (Fsp3) is 0.212. The van der Waals surface area contributed by atoms with E-state index in [0.29, 0.717) is 19.8 Å². The van der Waals surface area contributed by atoms with E-state index in [2.05, 4.69) is 28.2 Å². The lowest BCUT2D eigenvalue weighted by Gasteiger charge is -2.41. The molecule has 0 spiro atoms. The predicted octanol–water partition coefficient (Wildman–Crippen LogP) is 5.31. The van der Waals surface area contributed by atoms with Gasteiger partial charge in [0.2, 0.25) is 0 Å². The van der Waals surface area contributed by atoms with Crippen molar-refractivity contribution in [1.29, 1.82) is 0 Å². The molecule has 0 aliphatic carbocycles. The number of benzene rings is 3. The maximum absolute atomic E-state index is 13.6. The average molecular weight is 545 g/mol. The number of para-hydroxylation sites is 1. The zero-order valence-corrected chi connectivity index (χ0v) is 22.8. The molecule has 0 radical (unpaired) electrons. The van der Waals surface area contributed by atoms with E-state index < -0.39 is 5.41 Å². The van der Waals surface area contributed by atoms with Crippen LogP contribution in [0.4, 0.5) is 0 Å². The molecule has 3 aromatic heterocycles. The Bertz CT molecular complexity index is 2020. The zero-order valence-electron chi connectivity index (χ0n) is 22.8. The van der Waals surface area contributed by atoms with Crippen LogP contribution in [-0.2, 0) is 26.7 Å². The molecule has 3 aromatic carbocycles. The van der Waals surface area contributed by atoms with Crippen LogP contribution >= 0.6 is 0 Å². The van der Waals surface area contributed by atoms with E-state index in [-0.39, 0.29) is 18.1 Å². The highest BCUT2D eigenvalue weighted by Gasteiger charge is 2.42. The molecule has 0 bridgehead atoms. The number of aromatic nitrogens is 4. The Morgan fingerprint density at radius 1 is 0.951 bits per heavy atom. The molecular formula is C33H28N4O4. The van der Waals surface area contributed by atoms with Crippen molar-refractivity contribution in [2.24, 2.45) is 7.05 Å². The van der Waals surface area contributed by atoms with Crippen molar-refractivity contribution in [3.63, 3.8) is 0 Å². The standard InChI is InChI=1S/C33H28N4O4/c1-3-41-30(38)16-33(19-40-20-33)24-9-11-25(12-10-24)37-31-26-15-21(23-14-22-6-4-5-7-27(22)34-17-23)8-13-28(26)35-18-29(31)36(2)32(37)39/h4-15,17-18H,3,16,19-20H2,1-2H3. The van der Waals surface area contributed by atoms with Gasteiger partial charge in [0.15, 0.2) is 0 Å². The Morgan fingerprint density at radius 2 is 1.73 bits per heavy atom. The largest absolute Gasteiger partial charge is 0.466 e. The summed E-state index contributed by atoms with van der Waals surface area (Å²) in [5, 5.41) is 1.94. The summed E-state index contributed by atoms with van der Waals surface area (Å²) in [5.41, 5.74) is 6.42. The number of pyridine rings is 2. The van der Waals surface area contributed by atoms with Crippen LogP contribution < -0.4 is 5.69 Å². The first kappa shape index (κ1) is 25.2. The highest BCUT2D eigenvalue weighted by Crippen LogP contribution is 2.37. The van der Waals surface area contributed by atoms with Gasteiger partial charge in [-0.3, -0.25) is 23.9 Å². The topological polar surface area (TPSA) is 88.2 Å². The van der Waals surface area contributed by atoms with Crippen molar-refractivity contribution in [3.8, 4) is 16.8 Å². The highest BCUT2D eigenvalue weighted by atomic mass is 16.5. The van der Waals surface area contributed by atoms with Crippen molar-refractivity contribution >= 4 is 38.8 Å². The van der Waals surface area contributed by atoms with Crippen LogP contribution in [-0.4, -0.2) is 44.9 Å². The predicted molar refractivity (Wildman–Crippen MR) is 158 cm³/mol. The Balaban J connectivity index is 1.35. The molecule has 1 fully saturated rings. The molecule has 0 unspecified atom stereocenters. The molecule has 0 amide bonds. The molecule has 41 heavy (non-hydrogen) atoms. The Morgan fingerprint density at radius 3 is 2.49 bits per heavy atom. The van der Waals surface area contributed by atoms with E-state index in [1.807, 2.05) is 60.8 Å². The number of nitrogens with zero attached hydrogens (tertiary/aromatic N) is 4. The number of carbonyl (C=O) groups excluding carboxylic acids is 1. The van der Waals surface area contributed by atoms with Gasteiger partial charge in [0.25, 0.3) is 0 Å². The van der Waals surface area contributed by atoms with Gasteiger partial charge >= 0.3 is 11.7 Å². The molecule has 6 aromatic rings. The normalized spacial score (nSPS) is 14.4. The summed E-state index contributed by atoms with van der Waals surface area (Å²) in [4.78, 5) is 35.2. The summed E-state index contributed by atoms with van der Waals surface area (Å²) in [7, 11) is 1.76. The van der Waals surface area contributed by atoms with Crippen LogP contribution in [0, 0.1) is 0 Å². The summed E-state index contributed by atoms with van der Waals surface area (Å²) < 4.78 is 14.1. The van der Waals surface area contributed by atoms with Crippen LogP contribution in [0.3, 0.4) is 0 Å². The van der Waals surface area contributed by atoms with Gasteiger partial charge in [-0.15, -0.1) is 0 Å². The average Bonchev–Trinajstić information content (AvgIpc) is 3.24. The summed E-state index contributed by atoms with van der Waals surface area (Å²) in [6.07, 6.45) is 3.89. The first-order valence-corrected chi connectivity index (χ1v) is 13.7. The van der Waals surface area contributed by atoms with Gasteiger partial charge in [0, 0.05) is 29.6 Å². The van der Waals surface area contributed by atoms with Crippen molar-refractivity contribution in [2.75, 3.05) is 19.8 Å². The minimum atomic E-state index is -0.409. The fourth-order valence-electron chi connectivity index (χ4n) is 5.82. The zero-order chi connectivity index (χ0) is 28.1. The van der Waals surface area contributed by atoms with Crippen molar-refractivity contribution in [1.82, 2.24) is 19.1 Å². The lowest BCUT2D eigenvalue weighted by atomic mass is 9.76. The summed E-state index contributed by atoms with van der Waals surface area (Å²) in [6.45, 7) is 3.07. The highest BCUT2D eigenvalue weighted by molar-refractivity contribution is 6.04. The van der Waals surface area contributed by atoms with Crippen molar-refractivity contribution in [2.45, 2.75) is 18.8 Å². The van der Waals surface area contributed by atoms with E-state index in [0.717, 1.165) is 55.2 Å². The molecule has 8 heteroatoms. The summed E-state index contributed by atoms with van der Waals surface area (Å²) >= 11 is 0. The molecule has 0 atom stereocenters. The molecule has 4 heterocycles. The Hall–Kier alpha value is -4.82. The Labute approximate surface area is 235 Å². The molecule has 7 rings (SSSR count). The van der Waals surface area contributed by atoms with Gasteiger partial charge in [0.05, 0.1) is 65.6 Å². The smallest absolute Gasteiger partial charge is 0.333 e. The maximum atomic E-state index is 13.6. The third-order valence-corrected chi connectivity index (χ3v) is 8.09. The van der Waals surface area contributed by atoms with Crippen LogP contribution in [0.2, 0.25) is 0 Å². The number of imidazole rings is 1. The van der Waals surface area contributed by atoms with Gasteiger partial charge < -0.3 is 9.47 Å². The van der Waals surface area contributed by atoms with E-state index >= 15 is 0 Å². The molecule has 0 N–H and O–H groups in total. The van der Waals surface area contributed by atoms with Gasteiger partial charge in [-0.05, 0) is 54.4 Å². The number of fused-ring (bicyclic) bond motifs is 4. The lowest BCUT2D eigenvalue weighted by Crippen LogP contribution is -2.48. The van der Waals surface area contributed by atoms with Crippen LogP contribution in [0.25, 0.3) is 49.7 Å². The summed E-state index contributed by atoms with van der Waals surface area (Å²) in [6, 6.07) is 24.1. The molecule has 1 aliphatic rings. The maximum Gasteiger partial charge on any atom is 0.333 e. The number of carbonyl (C=O) groups is 1. The Kier molecular flexibility index (Phi) is 5.94. The number of aryl methyl sites for hydroxylation is 1. The first-order valence-electron chi connectivity index (χ1n) is 13.7. The number of ether oxygens (including phenoxy) is 2. The lowest BCUT2D eigenvalue weighted by molar-refractivity contribution is -0.151. The van der Waals surface area contributed by atoms with E-state index in [4.69, 9.17) is 9.47 Å². The van der Waals surface area contributed by atoms with Gasteiger partial charge in [-0.1, -0.05) is 36.4 Å². The third-order valence-electron chi connectivity index (χ3n) is 8.09. The van der Waals surface area contributed by atoms with Gasteiger partial charge in [0.1, 0.15) is 0 Å². The minimum absolute atomic E-state index is 0.159. The fourth-order valence-corrected chi connectivity index (χ4v) is 5.82.